The zero-order chi connectivity index (χ0) is 12.3. The highest BCUT2D eigenvalue weighted by Crippen LogP contribution is 2.20. The number of hydrogen-bond donors (Lipinski definition) is 1. The van der Waals surface area contributed by atoms with E-state index in [1.54, 1.807) is 4.90 Å². The number of amides is 3. The van der Waals surface area contributed by atoms with Gasteiger partial charge >= 0.3 is 6.03 Å². The Morgan fingerprint density at radius 3 is 2.18 bits per heavy atom. The molecule has 2 heterocycles. The molecule has 0 spiro atoms. The van der Waals surface area contributed by atoms with Crippen LogP contribution in [0.3, 0.4) is 0 Å². The molecule has 1 unspecified atom stereocenters. The summed E-state index contributed by atoms with van der Waals surface area (Å²) >= 11 is 0. The van der Waals surface area contributed by atoms with Crippen LogP contribution >= 0.6 is 0 Å². The topological polar surface area (TPSA) is 66.6 Å². The van der Waals surface area contributed by atoms with Gasteiger partial charge in [-0.1, -0.05) is 12.8 Å². The van der Waals surface area contributed by atoms with E-state index in [9.17, 15) is 9.59 Å². The first-order valence-corrected chi connectivity index (χ1v) is 6.55. The summed E-state index contributed by atoms with van der Waals surface area (Å²) in [6.07, 6.45) is 6.13. The molecule has 1 atom stereocenters. The van der Waals surface area contributed by atoms with Crippen LogP contribution in [-0.2, 0) is 4.79 Å². The van der Waals surface area contributed by atoms with E-state index in [-0.39, 0.29) is 18.0 Å². The average Bonchev–Trinajstić information content (AvgIpc) is 2.64. The molecule has 17 heavy (non-hydrogen) atoms. The van der Waals surface area contributed by atoms with Gasteiger partial charge in [0.2, 0.25) is 5.91 Å². The lowest BCUT2D eigenvalue weighted by molar-refractivity contribution is -0.121. The molecule has 0 radical (unpaired) electrons. The van der Waals surface area contributed by atoms with Crippen LogP contribution in [0.4, 0.5) is 4.79 Å². The van der Waals surface area contributed by atoms with Gasteiger partial charge in [0.15, 0.2) is 0 Å². The van der Waals surface area contributed by atoms with Gasteiger partial charge in [0.1, 0.15) is 6.04 Å². The van der Waals surface area contributed by atoms with E-state index in [4.69, 9.17) is 5.73 Å². The van der Waals surface area contributed by atoms with Crippen molar-refractivity contribution in [2.24, 2.45) is 5.73 Å². The maximum absolute atomic E-state index is 12.3. The SMILES string of the molecule is NC(=O)C1CCCN1C(=O)N1CCCCCC1. The van der Waals surface area contributed by atoms with Gasteiger partial charge in [-0.05, 0) is 25.7 Å². The maximum Gasteiger partial charge on any atom is 0.320 e. The van der Waals surface area contributed by atoms with Crippen molar-refractivity contribution < 1.29 is 9.59 Å². The van der Waals surface area contributed by atoms with Crippen molar-refractivity contribution in [2.45, 2.75) is 44.6 Å². The Balaban J connectivity index is 2.00. The zero-order valence-electron chi connectivity index (χ0n) is 10.2. The summed E-state index contributed by atoms with van der Waals surface area (Å²) in [5.41, 5.74) is 5.33. The highest BCUT2D eigenvalue weighted by molar-refractivity contribution is 5.86. The number of nitrogens with two attached hydrogens (primary N) is 1. The normalized spacial score (nSPS) is 25.8. The van der Waals surface area contributed by atoms with Crippen molar-refractivity contribution in [3.63, 3.8) is 0 Å². The first kappa shape index (κ1) is 12.2. The van der Waals surface area contributed by atoms with E-state index in [2.05, 4.69) is 0 Å². The van der Waals surface area contributed by atoms with E-state index >= 15 is 0 Å². The van der Waals surface area contributed by atoms with Gasteiger partial charge in [-0.2, -0.15) is 0 Å². The van der Waals surface area contributed by atoms with Crippen LogP contribution in [0.25, 0.3) is 0 Å². The Bertz CT molecular complexity index is 298. The highest BCUT2D eigenvalue weighted by Gasteiger charge is 2.34. The van der Waals surface area contributed by atoms with Crippen LogP contribution in [-0.4, -0.2) is 47.4 Å². The Hall–Kier alpha value is -1.26. The minimum absolute atomic E-state index is 0.00759. The molecule has 0 aromatic heterocycles. The fraction of sp³-hybridized carbons (Fsp3) is 0.833. The summed E-state index contributed by atoms with van der Waals surface area (Å²) in [4.78, 5) is 27.1. The van der Waals surface area contributed by atoms with Gasteiger partial charge in [0, 0.05) is 19.6 Å². The van der Waals surface area contributed by atoms with Gasteiger partial charge in [-0.15, -0.1) is 0 Å². The second-order valence-corrected chi connectivity index (χ2v) is 4.94. The van der Waals surface area contributed by atoms with Crippen LogP contribution in [0, 0.1) is 0 Å². The standard InChI is InChI=1S/C12H21N3O2/c13-11(16)10-6-5-9-15(10)12(17)14-7-3-1-2-4-8-14/h10H,1-9H2,(H2,13,16). The first-order chi connectivity index (χ1) is 8.20. The zero-order valence-corrected chi connectivity index (χ0v) is 10.2. The summed E-state index contributed by atoms with van der Waals surface area (Å²) < 4.78 is 0. The number of rotatable bonds is 1. The molecule has 5 nitrogen and oxygen atoms in total. The molecule has 5 heteroatoms. The van der Waals surface area contributed by atoms with Crippen LogP contribution in [0.5, 0.6) is 0 Å². The smallest absolute Gasteiger partial charge is 0.320 e. The number of likely N-dealkylation sites (tertiary alicyclic amines) is 2. The van der Waals surface area contributed by atoms with Crippen molar-refractivity contribution in [1.82, 2.24) is 9.80 Å². The van der Waals surface area contributed by atoms with E-state index in [1.807, 2.05) is 4.90 Å². The highest BCUT2D eigenvalue weighted by atomic mass is 16.2. The van der Waals surface area contributed by atoms with E-state index in [1.165, 1.54) is 12.8 Å². The number of nitrogens with zero attached hydrogens (tertiary/aromatic N) is 2. The van der Waals surface area contributed by atoms with Crippen molar-refractivity contribution in [2.75, 3.05) is 19.6 Å². The molecular formula is C12H21N3O2. The summed E-state index contributed by atoms with van der Waals surface area (Å²) in [5.74, 6) is -0.370. The summed E-state index contributed by atoms with van der Waals surface area (Å²) in [6, 6.07) is -0.376. The fourth-order valence-electron chi connectivity index (χ4n) is 2.74. The molecule has 2 aliphatic rings. The Kier molecular flexibility index (Phi) is 3.86. The molecule has 2 rings (SSSR count). The largest absolute Gasteiger partial charge is 0.368 e. The molecular weight excluding hydrogens is 218 g/mol. The summed E-state index contributed by atoms with van der Waals surface area (Å²) in [6.45, 7) is 2.31. The molecule has 0 saturated carbocycles. The van der Waals surface area contributed by atoms with Crippen LogP contribution in [0.1, 0.15) is 38.5 Å². The predicted molar refractivity (Wildman–Crippen MR) is 64.4 cm³/mol. The van der Waals surface area contributed by atoms with Crippen molar-refractivity contribution in [3.05, 3.63) is 0 Å². The monoisotopic (exact) mass is 239 g/mol. The van der Waals surface area contributed by atoms with Gasteiger partial charge in [-0.3, -0.25) is 4.79 Å². The lowest BCUT2D eigenvalue weighted by Gasteiger charge is -2.29. The summed E-state index contributed by atoms with van der Waals surface area (Å²) in [5, 5.41) is 0. The number of carbonyl (C=O) groups is 2. The third-order valence-corrected chi connectivity index (χ3v) is 3.70. The first-order valence-electron chi connectivity index (χ1n) is 6.55. The predicted octanol–water partition coefficient (Wildman–Crippen LogP) is 0.932. The van der Waals surface area contributed by atoms with Crippen LogP contribution in [0.15, 0.2) is 0 Å². The second-order valence-electron chi connectivity index (χ2n) is 4.94. The third kappa shape index (κ3) is 2.70. The molecule has 0 bridgehead atoms. The van der Waals surface area contributed by atoms with Crippen molar-refractivity contribution >= 4 is 11.9 Å². The van der Waals surface area contributed by atoms with Gasteiger partial charge in [-0.25, -0.2) is 4.79 Å². The number of hydrogen-bond acceptors (Lipinski definition) is 2. The van der Waals surface area contributed by atoms with Crippen LogP contribution in [0.2, 0.25) is 0 Å². The molecule has 0 aromatic carbocycles. The van der Waals surface area contributed by atoms with Gasteiger partial charge in [0.05, 0.1) is 0 Å². The average molecular weight is 239 g/mol. The lowest BCUT2D eigenvalue weighted by Crippen LogP contribution is -2.49. The molecule has 96 valence electrons. The number of urea groups is 1. The Morgan fingerprint density at radius 1 is 0.941 bits per heavy atom. The number of primary amides is 1. The van der Waals surface area contributed by atoms with Crippen LogP contribution < -0.4 is 5.73 Å². The number of carbonyl (C=O) groups excluding carboxylic acids is 2. The maximum atomic E-state index is 12.3. The molecule has 2 saturated heterocycles. The van der Waals surface area contributed by atoms with E-state index in [0.717, 1.165) is 38.8 Å². The minimum Gasteiger partial charge on any atom is -0.368 e. The molecule has 3 amide bonds. The molecule has 0 aromatic rings. The molecule has 2 aliphatic heterocycles. The Morgan fingerprint density at radius 2 is 1.59 bits per heavy atom. The third-order valence-electron chi connectivity index (χ3n) is 3.70. The van der Waals surface area contributed by atoms with Gasteiger partial charge < -0.3 is 15.5 Å². The quantitative estimate of drug-likeness (QED) is 0.739. The molecule has 0 aliphatic carbocycles. The van der Waals surface area contributed by atoms with Gasteiger partial charge in [0.25, 0.3) is 0 Å². The molecule has 2 fully saturated rings. The fourth-order valence-corrected chi connectivity index (χ4v) is 2.74. The van der Waals surface area contributed by atoms with Crippen molar-refractivity contribution in [1.29, 1.82) is 0 Å². The summed E-state index contributed by atoms with van der Waals surface area (Å²) in [7, 11) is 0. The Labute approximate surface area is 102 Å². The lowest BCUT2D eigenvalue weighted by atomic mass is 10.2. The molecule has 2 N–H and O–H groups in total. The van der Waals surface area contributed by atoms with E-state index in [0.29, 0.717) is 6.54 Å². The van der Waals surface area contributed by atoms with Crippen molar-refractivity contribution in [3.8, 4) is 0 Å². The minimum atomic E-state index is -0.384. The van der Waals surface area contributed by atoms with E-state index < -0.39 is 0 Å². The second kappa shape index (κ2) is 5.38.